The van der Waals surface area contributed by atoms with Crippen LogP contribution in [0.3, 0.4) is 0 Å². The van der Waals surface area contributed by atoms with Crippen LogP contribution in [0.1, 0.15) is 36.6 Å². The van der Waals surface area contributed by atoms with Crippen molar-refractivity contribution in [1.29, 1.82) is 5.41 Å². The van der Waals surface area contributed by atoms with Crippen LogP contribution >= 0.6 is 11.8 Å². The third kappa shape index (κ3) is 6.50. The molecule has 3 N–H and O–H groups in total. The maximum absolute atomic E-state index is 15.5. The Balaban J connectivity index is 1.87. The van der Waals surface area contributed by atoms with Crippen LogP contribution in [0, 0.1) is 17.0 Å². The van der Waals surface area contributed by atoms with Crippen LogP contribution in [0.4, 0.5) is 8.78 Å². The van der Waals surface area contributed by atoms with Crippen LogP contribution in [0.15, 0.2) is 60.7 Å². The molecule has 3 aromatic rings. The van der Waals surface area contributed by atoms with E-state index in [4.69, 9.17) is 37.1 Å². The number of hydrogen-bond acceptors (Lipinski definition) is 5. The Morgan fingerprint density at radius 3 is 2.39 bits per heavy atom. The molecule has 0 fully saturated rings. The van der Waals surface area contributed by atoms with Crippen LogP contribution in [0.2, 0.25) is 0 Å². The maximum atomic E-state index is 15.5. The molecule has 3 rings (SSSR count). The number of rotatable bonds is 11. The summed E-state index contributed by atoms with van der Waals surface area (Å²) in [5.74, 6) is -2.53. The van der Waals surface area contributed by atoms with Crippen LogP contribution < -0.4 is 15.2 Å². The Morgan fingerprint density at radius 1 is 1.06 bits per heavy atom. The predicted molar refractivity (Wildman–Crippen MR) is 132 cm³/mol. The minimum absolute atomic E-state index is 0.00515. The Kier molecular flexibility index (Phi) is 9.21. The summed E-state index contributed by atoms with van der Waals surface area (Å²) in [5, 5.41) is 7.45. The standard InChI is InChI=1S/C26H26ClF2N3O4/c1-3-34-18-6-5-7-19(14-18)36-21-13-12-20(28)22(23(21)29)24(35-4-2)26(33)32(27)15-16-8-10-17(11-9-16)25(30)31/h5-14,24H,3-4,15H2,1-2H3,(H3,30,31). The lowest BCUT2D eigenvalue weighted by atomic mass is 10.1. The number of nitrogens with zero attached hydrogens (tertiary/aromatic N) is 1. The molecule has 1 atom stereocenters. The summed E-state index contributed by atoms with van der Waals surface area (Å²) < 4.78 is 47.6. The van der Waals surface area contributed by atoms with Gasteiger partial charge in [0.25, 0.3) is 5.91 Å². The topological polar surface area (TPSA) is 97.9 Å². The molecule has 0 aliphatic heterocycles. The van der Waals surface area contributed by atoms with Gasteiger partial charge >= 0.3 is 0 Å². The van der Waals surface area contributed by atoms with Gasteiger partial charge in [0.15, 0.2) is 17.7 Å². The number of nitrogen functional groups attached to an aromatic ring is 1. The molecule has 190 valence electrons. The third-order valence-corrected chi connectivity index (χ3v) is 5.37. The van der Waals surface area contributed by atoms with Crippen molar-refractivity contribution in [3.63, 3.8) is 0 Å². The van der Waals surface area contributed by atoms with Crippen LogP contribution in [0.5, 0.6) is 17.2 Å². The van der Waals surface area contributed by atoms with Gasteiger partial charge in [-0.05, 0) is 43.7 Å². The highest BCUT2D eigenvalue weighted by Crippen LogP contribution is 2.35. The highest BCUT2D eigenvalue weighted by atomic mass is 35.5. The molecule has 0 radical (unpaired) electrons. The number of halogens is 3. The van der Waals surface area contributed by atoms with Gasteiger partial charge < -0.3 is 19.9 Å². The molecule has 7 nitrogen and oxygen atoms in total. The maximum Gasteiger partial charge on any atom is 0.271 e. The predicted octanol–water partition coefficient (Wildman–Crippen LogP) is 5.70. The lowest BCUT2D eigenvalue weighted by Crippen LogP contribution is -2.30. The lowest BCUT2D eigenvalue weighted by molar-refractivity contribution is -0.139. The molecule has 1 amide bonds. The summed E-state index contributed by atoms with van der Waals surface area (Å²) in [4.78, 5) is 13.1. The van der Waals surface area contributed by atoms with Gasteiger partial charge in [-0.25, -0.2) is 13.2 Å². The zero-order chi connectivity index (χ0) is 26.2. The Morgan fingerprint density at radius 2 is 1.75 bits per heavy atom. The minimum atomic E-state index is -1.65. The molecule has 0 saturated carbocycles. The molecule has 0 bridgehead atoms. The second-order valence-electron chi connectivity index (χ2n) is 7.59. The SMILES string of the molecule is CCOc1cccc(Oc2ccc(F)c(C(OCC)C(=O)N(Cl)Cc3ccc(C(=N)N)cc3)c2F)c1. The fraction of sp³-hybridized carbons (Fsp3) is 0.231. The molecule has 0 saturated heterocycles. The first kappa shape index (κ1) is 26.9. The van der Waals surface area contributed by atoms with Crippen molar-refractivity contribution in [2.75, 3.05) is 13.2 Å². The summed E-state index contributed by atoms with van der Waals surface area (Å²) in [6.45, 7) is 3.77. The average molecular weight is 518 g/mol. The van der Waals surface area contributed by atoms with E-state index >= 15 is 4.39 Å². The smallest absolute Gasteiger partial charge is 0.271 e. The molecule has 0 heterocycles. The normalized spacial score (nSPS) is 11.6. The quantitative estimate of drug-likeness (QED) is 0.193. The van der Waals surface area contributed by atoms with Crippen molar-refractivity contribution in [2.24, 2.45) is 5.73 Å². The Hall–Kier alpha value is -3.69. The van der Waals surface area contributed by atoms with E-state index in [0.29, 0.717) is 23.5 Å². The monoisotopic (exact) mass is 517 g/mol. The van der Waals surface area contributed by atoms with Gasteiger partial charge in [0.05, 0.1) is 18.7 Å². The minimum Gasteiger partial charge on any atom is -0.494 e. The number of amidine groups is 1. The van der Waals surface area contributed by atoms with Crippen LogP contribution in [-0.4, -0.2) is 29.4 Å². The van der Waals surface area contributed by atoms with E-state index < -0.39 is 29.2 Å². The van der Waals surface area contributed by atoms with E-state index in [1.54, 1.807) is 55.5 Å². The first-order chi connectivity index (χ1) is 17.2. The van der Waals surface area contributed by atoms with E-state index in [-0.39, 0.29) is 30.5 Å². The summed E-state index contributed by atoms with van der Waals surface area (Å²) in [6, 6.07) is 15.2. The van der Waals surface area contributed by atoms with Crippen molar-refractivity contribution >= 4 is 23.5 Å². The number of nitrogens with two attached hydrogens (primary N) is 1. The van der Waals surface area contributed by atoms with Crippen molar-refractivity contribution in [3.8, 4) is 17.2 Å². The number of amides is 1. The van der Waals surface area contributed by atoms with E-state index in [2.05, 4.69) is 0 Å². The summed E-state index contributed by atoms with van der Waals surface area (Å²) in [6.07, 6.45) is -1.65. The molecular weight excluding hydrogens is 492 g/mol. The largest absolute Gasteiger partial charge is 0.494 e. The highest BCUT2D eigenvalue weighted by Gasteiger charge is 2.33. The van der Waals surface area contributed by atoms with Gasteiger partial charge in [-0.1, -0.05) is 30.3 Å². The second-order valence-corrected chi connectivity index (χ2v) is 8.00. The third-order valence-electron chi connectivity index (χ3n) is 5.08. The van der Waals surface area contributed by atoms with Gasteiger partial charge in [0, 0.05) is 30.0 Å². The first-order valence-electron chi connectivity index (χ1n) is 11.2. The van der Waals surface area contributed by atoms with Gasteiger partial charge in [-0.3, -0.25) is 10.2 Å². The van der Waals surface area contributed by atoms with E-state index in [9.17, 15) is 9.18 Å². The van der Waals surface area contributed by atoms with Crippen LogP contribution in [-0.2, 0) is 16.1 Å². The number of benzene rings is 3. The van der Waals surface area contributed by atoms with E-state index in [1.165, 1.54) is 0 Å². The molecule has 1 unspecified atom stereocenters. The first-order valence-corrected chi connectivity index (χ1v) is 11.5. The zero-order valence-corrected chi connectivity index (χ0v) is 20.5. The molecule has 0 spiro atoms. The number of hydrogen-bond donors (Lipinski definition) is 2. The van der Waals surface area contributed by atoms with Gasteiger partial charge in [-0.15, -0.1) is 0 Å². The number of carbonyl (C=O) groups excluding carboxylic acids is 1. The zero-order valence-electron chi connectivity index (χ0n) is 19.8. The molecule has 10 heteroatoms. The number of nitrogens with one attached hydrogen (secondary N) is 1. The molecule has 0 aliphatic rings. The summed E-state index contributed by atoms with van der Waals surface area (Å²) >= 11 is 6.22. The molecular formula is C26H26ClF2N3O4. The van der Waals surface area contributed by atoms with Crippen molar-refractivity contribution in [1.82, 2.24) is 4.42 Å². The van der Waals surface area contributed by atoms with Gasteiger partial charge in [-0.2, -0.15) is 0 Å². The number of ether oxygens (including phenoxy) is 3. The average Bonchev–Trinajstić information content (AvgIpc) is 2.85. The van der Waals surface area contributed by atoms with Gasteiger partial charge in [0.1, 0.15) is 23.2 Å². The molecule has 0 aromatic heterocycles. The van der Waals surface area contributed by atoms with Crippen LogP contribution in [0.25, 0.3) is 0 Å². The fourth-order valence-electron chi connectivity index (χ4n) is 3.39. The van der Waals surface area contributed by atoms with Crippen molar-refractivity contribution in [3.05, 3.63) is 89.0 Å². The Labute approximate surface area is 212 Å². The second kappa shape index (κ2) is 12.3. The van der Waals surface area contributed by atoms with Crippen molar-refractivity contribution in [2.45, 2.75) is 26.5 Å². The lowest BCUT2D eigenvalue weighted by Gasteiger charge is -2.23. The fourth-order valence-corrected chi connectivity index (χ4v) is 3.62. The van der Waals surface area contributed by atoms with E-state index in [1.807, 2.05) is 6.92 Å². The highest BCUT2D eigenvalue weighted by molar-refractivity contribution is 6.21. The molecule has 36 heavy (non-hydrogen) atoms. The van der Waals surface area contributed by atoms with E-state index in [0.717, 1.165) is 16.6 Å². The van der Waals surface area contributed by atoms with Gasteiger partial charge in [0.2, 0.25) is 0 Å². The molecule has 0 aliphatic carbocycles. The Bertz CT molecular complexity index is 1220. The van der Waals surface area contributed by atoms with Crippen molar-refractivity contribution < 1.29 is 27.8 Å². The number of carbonyl (C=O) groups is 1. The molecule has 3 aromatic carbocycles. The summed E-state index contributed by atoms with van der Waals surface area (Å²) in [5.41, 5.74) is 5.96. The summed E-state index contributed by atoms with van der Waals surface area (Å²) in [7, 11) is 0.